The molecule has 0 aliphatic heterocycles. The van der Waals surface area contributed by atoms with Crippen LogP contribution in [0.25, 0.3) is 4.72 Å². The maximum absolute atomic E-state index is 12.9. The number of hydrogen-bond donors (Lipinski definition) is 0. The molecule has 116 valence electrons. The monoisotopic (exact) mass is 448 g/mol. The zero-order valence-corrected chi connectivity index (χ0v) is 17.3. The number of benzene rings is 1. The van der Waals surface area contributed by atoms with Crippen LogP contribution in [0.5, 0.6) is 0 Å². The largest absolute Gasteiger partial charge is 1.00 e. The minimum absolute atomic E-state index is 0. The minimum atomic E-state index is -4.30. The Balaban J connectivity index is 0.00000264. The molecule has 23 heavy (non-hydrogen) atoms. The van der Waals surface area contributed by atoms with Gasteiger partial charge in [0.25, 0.3) is 0 Å². The first-order valence-electron chi connectivity index (χ1n) is 5.49. The van der Waals surface area contributed by atoms with Crippen LogP contribution in [0.4, 0.5) is 4.39 Å². The molecule has 1 amide bonds. The molecule has 0 spiro atoms. The van der Waals surface area contributed by atoms with Crippen LogP contribution in [0.15, 0.2) is 39.8 Å². The van der Waals surface area contributed by atoms with E-state index in [1.165, 1.54) is 0 Å². The Morgan fingerprint density at radius 2 is 1.91 bits per heavy atom. The van der Waals surface area contributed by atoms with Crippen LogP contribution in [-0.2, 0) is 10.0 Å². The van der Waals surface area contributed by atoms with Crippen LogP contribution < -0.4 is 29.6 Å². The van der Waals surface area contributed by atoms with E-state index in [1.54, 1.807) is 0 Å². The molecule has 0 aliphatic carbocycles. The third kappa shape index (κ3) is 5.12. The zero-order chi connectivity index (χ0) is 16.5. The van der Waals surface area contributed by atoms with Crippen molar-refractivity contribution < 1.29 is 47.2 Å². The second kappa shape index (κ2) is 8.24. The molecular weight excluding hydrogens is 445 g/mol. The van der Waals surface area contributed by atoms with Gasteiger partial charge in [-0.2, -0.15) is 0 Å². The third-order valence-corrected chi connectivity index (χ3v) is 5.11. The van der Waals surface area contributed by atoms with E-state index >= 15 is 0 Å². The predicted molar refractivity (Wildman–Crippen MR) is 83.2 cm³/mol. The molecule has 0 radical (unpaired) electrons. The van der Waals surface area contributed by atoms with Gasteiger partial charge in [0.2, 0.25) is 0 Å². The molecule has 1 aromatic heterocycles. The number of pyridine rings is 1. The van der Waals surface area contributed by atoms with Crippen LogP contribution >= 0.6 is 39.1 Å². The van der Waals surface area contributed by atoms with Gasteiger partial charge in [-0.1, -0.05) is 23.2 Å². The van der Waals surface area contributed by atoms with Gasteiger partial charge in [-0.25, -0.2) is 17.8 Å². The van der Waals surface area contributed by atoms with Gasteiger partial charge in [0.1, 0.15) is 21.0 Å². The van der Waals surface area contributed by atoms with Crippen LogP contribution in [0.2, 0.25) is 10.2 Å². The van der Waals surface area contributed by atoms with Crippen LogP contribution in [0, 0.1) is 5.82 Å². The smallest absolute Gasteiger partial charge is 0.537 e. The van der Waals surface area contributed by atoms with Crippen molar-refractivity contribution in [2.24, 2.45) is 0 Å². The van der Waals surface area contributed by atoms with Crippen molar-refractivity contribution in [1.82, 2.24) is 4.98 Å². The summed E-state index contributed by atoms with van der Waals surface area (Å²) in [5.74, 6) is -1.77. The number of carbonyl (C=O) groups excluding carboxylic acids is 1. The van der Waals surface area contributed by atoms with E-state index in [0.717, 1.165) is 30.5 Å². The number of sulfonamides is 1. The molecule has 0 N–H and O–H groups in total. The van der Waals surface area contributed by atoms with Crippen molar-refractivity contribution in [1.29, 1.82) is 0 Å². The number of amides is 1. The summed E-state index contributed by atoms with van der Waals surface area (Å²) in [6.07, 6.45) is 0.964. The summed E-state index contributed by atoms with van der Waals surface area (Å²) in [7, 11) is -4.30. The van der Waals surface area contributed by atoms with E-state index in [0.29, 0.717) is 0 Å². The maximum atomic E-state index is 12.9. The van der Waals surface area contributed by atoms with Gasteiger partial charge in [0.15, 0.2) is 0 Å². The number of hydrogen-bond acceptors (Lipinski definition) is 4. The van der Waals surface area contributed by atoms with Crippen molar-refractivity contribution in [2.45, 2.75) is 4.90 Å². The van der Waals surface area contributed by atoms with E-state index in [4.69, 9.17) is 23.2 Å². The molecule has 0 saturated carbocycles. The Kier molecular flexibility index (Phi) is 7.46. The molecule has 11 heteroatoms. The standard InChI is InChI=1S/C12H6BrCl2FN2O3S.Na/c13-9-4-7(5-17-11(9)15)22(20,21)18-12(19)8-2-1-6(16)3-10(8)14;/h1-5H,(H,18,19);/q;+1/p-1. The van der Waals surface area contributed by atoms with Gasteiger partial charge in [-0.15, -0.1) is 0 Å². The third-order valence-electron chi connectivity index (χ3n) is 2.43. The van der Waals surface area contributed by atoms with E-state index in [9.17, 15) is 17.6 Å². The average Bonchev–Trinajstić information content (AvgIpc) is 2.40. The summed E-state index contributed by atoms with van der Waals surface area (Å²) in [6, 6.07) is 4.07. The second-order valence-electron chi connectivity index (χ2n) is 3.94. The van der Waals surface area contributed by atoms with Gasteiger partial charge < -0.3 is 9.52 Å². The summed E-state index contributed by atoms with van der Waals surface area (Å²) >= 11 is 14.4. The van der Waals surface area contributed by atoms with E-state index in [1.807, 2.05) is 0 Å². The van der Waals surface area contributed by atoms with Gasteiger partial charge in [0, 0.05) is 11.8 Å². The summed E-state index contributed by atoms with van der Waals surface area (Å²) < 4.78 is 40.4. The number of halogens is 4. The second-order valence-corrected chi connectivity index (χ2v) is 7.16. The Hall–Kier alpha value is -0.220. The first kappa shape index (κ1) is 20.8. The SMILES string of the molecule is O=C([N-]S(=O)(=O)c1cnc(Cl)c(Br)c1)c1ccc(F)cc1Cl.[Na+]. The summed E-state index contributed by atoms with van der Waals surface area (Å²) in [4.78, 5) is 15.2. The molecule has 1 aromatic carbocycles. The average molecular weight is 450 g/mol. The number of rotatable bonds is 3. The van der Waals surface area contributed by atoms with E-state index in [-0.39, 0.29) is 54.7 Å². The van der Waals surface area contributed by atoms with Crippen molar-refractivity contribution in [3.8, 4) is 0 Å². The molecule has 0 bridgehead atoms. The molecule has 0 aliphatic rings. The quantitative estimate of drug-likeness (QED) is 0.521. The summed E-state index contributed by atoms with van der Waals surface area (Å²) in [5.41, 5.74) is -0.229. The molecule has 0 fully saturated rings. The molecule has 2 aromatic rings. The maximum Gasteiger partial charge on any atom is 1.00 e. The fraction of sp³-hybridized carbons (Fsp3) is 0. The predicted octanol–water partition coefficient (Wildman–Crippen LogP) is 1.20. The normalized spacial score (nSPS) is 10.8. The van der Waals surface area contributed by atoms with Gasteiger partial charge in [0.05, 0.1) is 20.3 Å². The van der Waals surface area contributed by atoms with Gasteiger partial charge in [-0.05, 0) is 40.2 Å². The molecule has 0 unspecified atom stereocenters. The number of nitrogens with zero attached hydrogens (tertiary/aromatic N) is 2. The van der Waals surface area contributed by atoms with Crippen molar-refractivity contribution in [3.63, 3.8) is 0 Å². The van der Waals surface area contributed by atoms with E-state index < -0.39 is 21.7 Å². The summed E-state index contributed by atoms with van der Waals surface area (Å²) in [6.45, 7) is 0. The van der Waals surface area contributed by atoms with Crippen molar-refractivity contribution >= 4 is 55.1 Å². The molecular formula is C12H5BrCl2FN2NaO3S. The first-order chi connectivity index (χ1) is 10.2. The van der Waals surface area contributed by atoms with Crippen LogP contribution in [0.1, 0.15) is 10.4 Å². The van der Waals surface area contributed by atoms with Crippen molar-refractivity contribution in [3.05, 3.63) is 61.2 Å². The number of carbonyl (C=O) groups is 1. The van der Waals surface area contributed by atoms with Gasteiger partial charge in [-0.3, -0.25) is 0 Å². The molecule has 0 atom stereocenters. The topological polar surface area (TPSA) is 78.2 Å². The zero-order valence-electron chi connectivity index (χ0n) is 11.4. The molecule has 0 saturated heterocycles. The van der Waals surface area contributed by atoms with E-state index in [2.05, 4.69) is 25.6 Å². The minimum Gasteiger partial charge on any atom is -0.537 e. The Morgan fingerprint density at radius 3 is 2.48 bits per heavy atom. The first-order valence-corrected chi connectivity index (χ1v) is 8.48. The van der Waals surface area contributed by atoms with Gasteiger partial charge >= 0.3 is 29.6 Å². The fourth-order valence-corrected chi connectivity index (χ4v) is 3.15. The fourth-order valence-electron chi connectivity index (χ4n) is 1.42. The molecule has 5 nitrogen and oxygen atoms in total. The number of aromatic nitrogens is 1. The van der Waals surface area contributed by atoms with Crippen LogP contribution in [0.3, 0.4) is 0 Å². The molecule has 1 heterocycles. The van der Waals surface area contributed by atoms with Crippen LogP contribution in [-0.4, -0.2) is 19.3 Å². The Bertz CT molecular complexity index is 867. The molecule has 2 rings (SSSR count). The Morgan fingerprint density at radius 1 is 1.26 bits per heavy atom. The Labute approximate surface area is 172 Å². The summed E-state index contributed by atoms with van der Waals surface area (Å²) in [5, 5.41) is -0.175. The van der Waals surface area contributed by atoms with Crippen molar-refractivity contribution in [2.75, 3.05) is 0 Å².